The Morgan fingerprint density at radius 2 is 1.90 bits per heavy atom. The van der Waals surface area contributed by atoms with E-state index in [4.69, 9.17) is 4.42 Å². The Bertz CT molecular complexity index is 596. The summed E-state index contributed by atoms with van der Waals surface area (Å²) in [5, 5.41) is 3.27. The first-order valence-corrected chi connectivity index (χ1v) is 6.37. The number of rotatable bonds is 3. The number of benzene rings is 1. The van der Waals surface area contributed by atoms with Crippen LogP contribution in [-0.2, 0) is 12.6 Å². The minimum atomic E-state index is -4.36. The first kappa shape index (κ1) is 14.8. The van der Waals surface area contributed by atoms with E-state index in [-0.39, 0.29) is 11.1 Å². The molecule has 110 valence electrons. The molecule has 0 fully saturated rings. The van der Waals surface area contributed by atoms with Crippen molar-refractivity contribution in [1.29, 1.82) is 0 Å². The van der Waals surface area contributed by atoms with Gasteiger partial charge in [0.1, 0.15) is 5.52 Å². The number of alkyl halides is 3. The van der Waals surface area contributed by atoms with Crippen LogP contribution in [0, 0.1) is 0 Å². The first-order chi connectivity index (χ1) is 9.15. The van der Waals surface area contributed by atoms with Crippen LogP contribution >= 0.6 is 0 Å². The summed E-state index contributed by atoms with van der Waals surface area (Å²) in [6.07, 6.45) is -3.83. The van der Waals surface area contributed by atoms with E-state index in [0.29, 0.717) is 24.4 Å². The van der Waals surface area contributed by atoms with Crippen molar-refractivity contribution in [3.63, 3.8) is 0 Å². The van der Waals surface area contributed by atoms with Gasteiger partial charge in [-0.1, -0.05) is 0 Å². The molecule has 20 heavy (non-hydrogen) atoms. The highest BCUT2D eigenvalue weighted by atomic mass is 19.4. The monoisotopic (exact) mass is 286 g/mol. The summed E-state index contributed by atoms with van der Waals surface area (Å²) in [6.45, 7) is 6.76. The number of nitrogens with zero attached hydrogens (tertiary/aromatic N) is 1. The molecule has 1 aromatic carbocycles. The van der Waals surface area contributed by atoms with Gasteiger partial charge in [0.15, 0.2) is 11.5 Å². The Morgan fingerprint density at radius 3 is 2.50 bits per heavy atom. The fraction of sp³-hybridized carbons (Fsp3) is 0.500. The zero-order chi connectivity index (χ0) is 15.0. The fourth-order valence-electron chi connectivity index (χ4n) is 1.80. The maximum Gasteiger partial charge on any atom is 0.416 e. The van der Waals surface area contributed by atoms with Gasteiger partial charge in [-0.3, -0.25) is 0 Å². The van der Waals surface area contributed by atoms with Gasteiger partial charge in [-0.05, 0) is 39.0 Å². The second kappa shape index (κ2) is 5.09. The van der Waals surface area contributed by atoms with Gasteiger partial charge < -0.3 is 9.73 Å². The molecule has 0 aliphatic carbocycles. The highest BCUT2D eigenvalue weighted by Crippen LogP contribution is 2.31. The second-order valence-corrected chi connectivity index (χ2v) is 5.71. The predicted octanol–water partition coefficient (Wildman–Crippen LogP) is 3.78. The summed E-state index contributed by atoms with van der Waals surface area (Å²) < 4.78 is 43.2. The Hall–Kier alpha value is -1.56. The Morgan fingerprint density at radius 1 is 1.20 bits per heavy atom. The number of aromatic nitrogens is 1. The van der Waals surface area contributed by atoms with Gasteiger partial charge in [0, 0.05) is 18.5 Å². The first-order valence-electron chi connectivity index (χ1n) is 6.37. The van der Waals surface area contributed by atoms with E-state index in [1.165, 1.54) is 6.07 Å². The van der Waals surface area contributed by atoms with Crippen molar-refractivity contribution < 1.29 is 17.6 Å². The molecule has 0 amide bonds. The smallest absolute Gasteiger partial charge is 0.416 e. The molecule has 0 saturated carbocycles. The summed E-state index contributed by atoms with van der Waals surface area (Å²) in [7, 11) is 0. The number of hydrogen-bond donors (Lipinski definition) is 1. The zero-order valence-corrected chi connectivity index (χ0v) is 11.6. The van der Waals surface area contributed by atoms with Crippen molar-refractivity contribution in [3.8, 4) is 0 Å². The maximum absolute atomic E-state index is 12.6. The number of oxazole rings is 1. The largest absolute Gasteiger partial charge is 0.441 e. The van der Waals surface area contributed by atoms with Crippen molar-refractivity contribution in [2.45, 2.75) is 38.9 Å². The lowest BCUT2D eigenvalue weighted by Gasteiger charge is -2.19. The molecule has 3 nitrogen and oxygen atoms in total. The number of nitrogens with one attached hydrogen (secondary N) is 1. The molecular weight excluding hydrogens is 269 g/mol. The van der Waals surface area contributed by atoms with Crippen LogP contribution in [0.15, 0.2) is 22.6 Å². The van der Waals surface area contributed by atoms with Crippen LogP contribution in [0.5, 0.6) is 0 Å². The van der Waals surface area contributed by atoms with Crippen LogP contribution in [-0.4, -0.2) is 17.1 Å². The summed E-state index contributed by atoms with van der Waals surface area (Å²) in [4.78, 5) is 4.10. The highest BCUT2D eigenvalue weighted by Gasteiger charge is 2.31. The molecule has 2 rings (SSSR count). The van der Waals surface area contributed by atoms with E-state index in [1.54, 1.807) is 0 Å². The maximum atomic E-state index is 12.6. The Labute approximate surface area is 115 Å². The third-order valence-electron chi connectivity index (χ3n) is 2.75. The van der Waals surface area contributed by atoms with E-state index < -0.39 is 11.7 Å². The minimum absolute atomic E-state index is 0.0184. The lowest BCUT2D eigenvalue weighted by molar-refractivity contribution is -0.137. The van der Waals surface area contributed by atoms with E-state index in [9.17, 15) is 13.2 Å². The van der Waals surface area contributed by atoms with Gasteiger partial charge in [0.05, 0.1) is 5.56 Å². The minimum Gasteiger partial charge on any atom is -0.441 e. The summed E-state index contributed by atoms with van der Waals surface area (Å²) >= 11 is 0. The SMILES string of the molecule is CC(C)(C)NCCc1nc2cc(C(F)(F)F)ccc2o1. The third kappa shape index (κ3) is 3.72. The van der Waals surface area contributed by atoms with Gasteiger partial charge in [-0.25, -0.2) is 4.98 Å². The number of fused-ring (bicyclic) bond motifs is 1. The summed E-state index contributed by atoms with van der Waals surface area (Å²) in [6, 6.07) is 3.33. The van der Waals surface area contributed by atoms with E-state index in [1.807, 2.05) is 20.8 Å². The molecule has 0 aliphatic heterocycles. The molecule has 1 N–H and O–H groups in total. The Balaban J connectivity index is 2.13. The van der Waals surface area contributed by atoms with E-state index >= 15 is 0 Å². The number of halogens is 3. The van der Waals surface area contributed by atoms with Crippen LogP contribution in [0.1, 0.15) is 32.2 Å². The zero-order valence-electron chi connectivity index (χ0n) is 11.6. The van der Waals surface area contributed by atoms with Crippen LogP contribution in [0.2, 0.25) is 0 Å². The van der Waals surface area contributed by atoms with E-state index in [2.05, 4.69) is 10.3 Å². The lowest BCUT2D eigenvalue weighted by atomic mass is 10.1. The second-order valence-electron chi connectivity index (χ2n) is 5.71. The van der Waals surface area contributed by atoms with Crippen LogP contribution in [0.3, 0.4) is 0 Å². The predicted molar refractivity (Wildman–Crippen MR) is 70.5 cm³/mol. The van der Waals surface area contributed by atoms with Crippen molar-refractivity contribution in [2.24, 2.45) is 0 Å². The molecule has 1 heterocycles. The molecule has 0 spiro atoms. The summed E-state index contributed by atoms with van der Waals surface area (Å²) in [5.74, 6) is 0.441. The quantitative estimate of drug-likeness (QED) is 0.933. The van der Waals surface area contributed by atoms with Crippen molar-refractivity contribution in [2.75, 3.05) is 6.54 Å². The number of hydrogen-bond acceptors (Lipinski definition) is 3. The fourth-order valence-corrected chi connectivity index (χ4v) is 1.80. The van der Waals surface area contributed by atoms with Crippen molar-refractivity contribution >= 4 is 11.1 Å². The Kier molecular flexibility index (Phi) is 3.77. The van der Waals surface area contributed by atoms with Gasteiger partial charge in [0.25, 0.3) is 0 Å². The van der Waals surface area contributed by atoms with E-state index in [0.717, 1.165) is 12.1 Å². The van der Waals surface area contributed by atoms with Crippen molar-refractivity contribution in [1.82, 2.24) is 10.3 Å². The topological polar surface area (TPSA) is 38.1 Å². The van der Waals surface area contributed by atoms with Gasteiger partial charge in [-0.2, -0.15) is 13.2 Å². The van der Waals surface area contributed by atoms with Crippen molar-refractivity contribution in [3.05, 3.63) is 29.7 Å². The molecule has 0 atom stereocenters. The van der Waals surface area contributed by atoms with Gasteiger partial charge >= 0.3 is 6.18 Å². The van der Waals surface area contributed by atoms with Gasteiger partial charge in [0.2, 0.25) is 0 Å². The molecule has 0 radical (unpaired) electrons. The average Bonchev–Trinajstić information content (AvgIpc) is 2.67. The lowest BCUT2D eigenvalue weighted by Crippen LogP contribution is -2.37. The van der Waals surface area contributed by atoms with Crippen LogP contribution < -0.4 is 5.32 Å². The van der Waals surface area contributed by atoms with Crippen LogP contribution in [0.4, 0.5) is 13.2 Å². The molecule has 0 unspecified atom stereocenters. The molecule has 0 saturated heterocycles. The molecule has 1 aromatic heterocycles. The highest BCUT2D eigenvalue weighted by molar-refractivity contribution is 5.73. The third-order valence-corrected chi connectivity index (χ3v) is 2.75. The molecule has 2 aromatic rings. The standard InChI is InChI=1S/C14H17F3N2O/c1-13(2,3)18-7-6-12-19-10-8-9(14(15,16)17)4-5-11(10)20-12/h4-5,8,18H,6-7H2,1-3H3. The molecular formula is C14H17F3N2O. The normalized spacial score (nSPS) is 13.1. The van der Waals surface area contributed by atoms with Crippen LogP contribution in [0.25, 0.3) is 11.1 Å². The van der Waals surface area contributed by atoms with Gasteiger partial charge in [-0.15, -0.1) is 0 Å². The molecule has 0 bridgehead atoms. The molecule has 6 heteroatoms. The average molecular weight is 286 g/mol. The molecule has 0 aliphatic rings. The summed E-state index contributed by atoms with van der Waals surface area (Å²) in [5.41, 5.74) is -0.109.